The zero-order valence-corrected chi connectivity index (χ0v) is 22.8. The molecule has 0 saturated carbocycles. The molecule has 1 heterocycles. The molecule has 0 radical (unpaired) electrons. The second-order valence-electron chi connectivity index (χ2n) is 9.47. The minimum Gasteiger partial charge on any atom is -0.344 e. The minimum absolute atomic E-state index is 0.424. The quantitative estimate of drug-likeness (QED) is 0.298. The first-order chi connectivity index (χ1) is 18.8. The monoisotopic (exact) mass is 520 g/mol. The van der Waals surface area contributed by atoms with Crippen LogP contribution in [0.15, 0.2) is 121 Å². The molecule has 1 aliphatic heterocycles. The Bertz CT molecular complexity index is 1490. The van der Waals surface area contributed by atoms with Gasteiger partial charge in [0.2, 0.25) is 6.43 Å². The predicted molar refractivity (Wildman–Crippen MR) is 160 cm³/mol. The summed E-state index contributed by atoms with van der Waals surface area (Å²) >= 11 is 0. The molecule has 0 aliphatic carbocycles. The number of likely N-dealkylation sites (N-methyl/N-ethyl adjacent to an activating group) is 1. The number of allylic oxidation sites excluding steroid dienone is 5. The lowest BCUT2D eigenvalue weighted by Crippen LogP contribution is -2.36. The number of nitrogens with zero attached hydrogens (tertiary/aromatic N) is 1. The summed E-state index contributed by atoms with van der Waals surface area (Å²) in [5, 5.41) is 3.41. The second kappa shape index (κ2) is 12.4. The number of benzene rings is 3. The van der Waals surface area contributed by atoms with Crippen LogP contribution in [0, 0.1) is 6.92 Å². The van der Waals surface area contributed by atoms with E-state index in [0.717, 1.165) is 45.4 Å². The van der Waals surface area contributed by atoms with E-state index in [9.17, 15) is 8.78 Å². The summed E-state index contributed by atoms with van der Waals surface area (Å²) in [6.07, 6.45) is 2.10. The molecule has 198 valence electrons. The number of hydrogen-bond acceptors (Lipinski definition) is 2. The van der Waals surface area contributed by atoms with Crippen molar-refractivity contribution in [3.05, 3.63) is 149 Å². The number of nitrogens with one attached hydrogen (secondary N) is 1. The highest BCUT2D eigenvalue weighted by molar-refractivity contribution is 6.05. The molecule has 1 aliphatic rings. The molecule has 0 amide bonds. The summed E-state index contributed by atoms with van der Waals surface area (Å²) in [6.45, 7) is 12.5. The van der Waals surface area contributed by atoms with Gasteiger partial charge in [0.15, 0.2) is 0 Å². The number of halogens is 2. The van der Waals surface area contributed by atoms with Gasteiger partial charge in [0.1, 0.15) is 5.82 Å². The molecule has 2 nitrogen and oxygen atoms in total. The van der Waals surface area contributed by atoms with Crippen LogP contribution in [0.1, 0.15) is 47.6 Å². The summed E-state index contributed by atoms with van der Waals surface area (Å²) in [4.78, 5) is 1.94. The SMILES string of the molecule is C=C=C1C(c2ccc(C)c(/C=C\CC)c2)=C(CC(F)F)N/C(=C(/C(=C)c2ccccc2)c2ccccc2)N1C. The Morgan fingerprint density at radius 2 is 1.64 bits per heavy atom. The van der Waals surface area contributed by atoms with Crippen LogP contribution in [-0.4, -0.2) is 18.4 Å². The van der Waals surface area contributed by atoms with E-state index in [0.29, 0.717) is 22.8 Å². The van der Waals surface area contributed by atoms with Gasteiger partial charge in [-0.3, -0.25) is 0 Å². The minimum atomic E-state index is -2.54. The Hall–Kier alpha value is -4.40. The first kappa shape index (κ1) is 27.6. The standard InChI is InChI=1S/C35H34F2N2/c1-6-8-15-28-22-29(21-20-24(28)3)34-30(23-32(36)37)38-35(39(5)31(34)7-2)33(27-18-13-10-14-19-27)25(4)26-16-11-9-12-17-26/h8-22,32,38H,2,4,6,23H2,1,3,5H3/b15-8-,35-33+. The van der Waals surface area contributed by atoms with Gasteiger partial charge in [0.05, 0.1) is 5.70 Å². The normalized spacial score (nSPS) is 15.0. The van der Waals surface area contributed by atoms with Gasteiger partial charge >= 0.3 is 0 Å². The third-order valence-corrected chi connectivity index (χ3v) is 6.83. The number of alkyl halides is 2. The smallest absolute Gasteiger partial charge is 0.244 e. The molecule has 0 unspecified atom stereocenters. The third-order valence-electron chi connectivity index (χ3n) is 6.83. The third kappa shape index (κ3) is 6.03. The summed E-state index contributed by atoms with van der Waals surface area (Å²) in [5.74, 6) is 0.652. The van der Waals surface area contributed by atoms with E-state index in [2.05, 4.69) is 43.3 Å². The van der Waals surface area contributed by atoms with Gasteiger partial charge in [-0.2, -0.15) is 0 Å². The lowest BCUT2D eigenvalue weighted by molar-refractivity contribution is 0.146. The van der Waals surface area contributed by atoms with Crippen LogP contribution in [-0.2, 0) is 0 Å². The molecule has 3 aromatic rings. The number of rotatable bonds is 8. The highest BCUT2D eigenvalue weighted by Crippen LogP contribution is 2.41. The fraction of sp³-hybridized carbons (Fsp3) is 0.171. The lowest BCUT2D eigenvalue weighted by Gasteiger charge is -2.37. The van der Waals surface area contributed by atoms with Crippen molar-refractivity contribution in [3.8, 4) is 0 Å². The van der Waals surface area contributed by atoms with Crippen LogP contribution in [0.2, 0.25) is 0 Å². The Kier molecular flexibility index (Phi) is 8.81. The molecular weight excluding hydrogens is 486 g/mol. The highest BCUT2D eigenvalue weighted by Gasteiger charge is 2.30. The molecular formula is C35H34F2N2. The Morgan fingerprint density at radius 1 is 1.00 bits per heavy atom. The van der Waals surface area contributed by atoms with Crippen LogP contribution in [0.3, 0.4) is 0 Å². The fourth-order valence-electron chi connectivity index (χ4n) is 4.83. The molecule has 0 fully saturated rings. The summed E-state index contributed by atoms with van der Waals surface area (Å²) in [6, 6.07) is 25.8. The topological polar surface area (TPSA) is 15.3 Å². The van der Waals surface area contributed by atoms with Crippen molar-refractivity contribution < 1.29 is 8.78 Å². The van der Waals surface area contributed by atoms with E-state index in [4.69, 9.17) is 0 Å². The van der Waals surface area contributed by atoms with Crippen LogP contribution in [0.5, 0.6) is 0 Å². The van der Waals surface area contributed by atoms with Crippen molar-refractivity contribution in [1.29, 1.82) is 0 Å². The predicted octanol–water partition coefficient (Wildman–Crippen LogP) is 9.07. The molecule has 4 heteroatoms. The van der Waals surface area contributed by atoms with Crippen molar-refractivity contribution in [1.82, 2.24) is 10.2 Å². The molecule has 1 N–H and O–H groups in total. The Morgan fingerprint density at radius 3 is 2.23 bits per heavy atom. The maximum Gasteiger partial charge on any atom is 0.244 e. The van der Waals surface area contributed by atoms with E-state index in [1.165, 1.54) is 0 Å². The van der Waals surface area contributed by atoms with Crippen molar-refractivity contribution >= 4 is 22.8 Å². The van der Waals surface area contributed by atoms with Gasteiger partial charge in [0.25, 0.3) is 0 Å². The highest BCUT2D eigenvalue weighted by atomic mass is 19.3. The van der Waals surface area contributed by atoms with Crippen LogP contribution in [0.4, 0.5) is 8.78 Å². The number of hydrogen-bond donors (Lipinski definition) is 1. The van der Waals surface area contributed by atoms with Crippen molar-refractivity contribution in [2.45, 2.75) is 33.1 Å². The zero-order chi connectivity index (χ0) is 27.9. The van der Waals surface area contributed by atoms with E-state index < -0.39 is 12.8 Å². The van der Waals surface area contributed by atoms with Crippen molar-refractivity contribution in [3.63, 3.8) is 0 Å². The summed E-state index contributed by atoms with van der Waals surface area (Å²) in [5.41, 5.74) is 11.2. The van der Waals surface area contributed by atoms with Gasteiger partial charge in [-0.05, 0) is 52.8 Å². The molecule has 0 bridgehead atoms. The molecule has 0 atom stereocenters. The summed E-state index contributed by atoms with van der Waals surface area (Å²) in [7, 11) is 1.91. The molecule has 0 aromatic heterocycles. The van der Waals surface area contributed by atoms with Gasteiger partial charge < -0.3 is 10.2 Å². The van der Waals surface area contributed by atoms with E-state index in [-0.39, 0.29) is 0 Å². The van der Waals surface area contributed by atoms with Crippen LogP contribution >= 0.6 is 0 Å². The first-order valence-electron chi connectivity index (χ1n) is 13.1. The zero-order valence-electron chi connectivity index (χ0n) is 22.8. The average Bonchev–Trinajstić information content (AvgIpc) is 2.95. The van der Waals surface area contributed by atoms with E-state index in [1.54, 1.807) is 0 Å². The second-order valence-corrected chi connectivity index (χ2v) is 9.47. The van der Waals surface area contributed by atoms with E-state index in [1.807, 2.05) is 97.7 Å². The van der Waals surface area contributed by atoms with Crippen molar-refractivity contribution in [2.75, 3.05) is 7.05 Å². The Balaban J connectivity index is 1.98. The lowest BCUT2D eigenvalue weighted by atomic mass is 9.90. The largest absolute Gasteiger partial charge is 0.344 e. The molecule has 0 saturated heterocycles. The summed E-state index contributed by atoms with van der Waals surface area (Å²) < 4.78 is 28.1. The average molecular weight is 521 g/mol. The fourth-order valence-corrected chi connectivity index (χ4v) is 4.83. The molecule has 3 aromatic carbocycles. The van der Waals surface area contributed by atoms with Gasteiger partial charge in [0, 0.05) is 30.3 Å². The van der Waals surface area contributed by atoms with Gasteiger partial charge in [-0.15, -0.1) is 5.73 Å². The molecule has 0 spiro atoms. The first-order valence-corrected chi connectivity index (χ1v) is 13.1. The van der Waals surface area contributed by atoms with Crippen LogP contribution in [0.25, 0.3) is 22.8 Å². The number of aryl methyl sites for hydroxylation is 1. The molecule has 4 rings (SSSR count). The molecule has 39 heavy (non-hydrogen) atoms. The van der Waals surface area contributed by atoms with E-state index >= 15 is 0 Å². The Labute approximate surface area is 230 Å². The maximum absolute atomic E-state index is 14.0. The van der Waals surface area contributed by atoms with Crippen molar-refractivity contribution in [2.24, 2.45) is 0 Å². The van der Waals surface area contributed by atoms with Gasteiger partial charge in [-0.1, -0.05) is 105 Å². The van der Waals surface area contributed by atoms with Crippen LogP contribution < -0.4 is 5.32 Å². The van der Waals surface area contributed by atoms with Gasteiger partial charge in [-0.25, -0.2) is 8.78 Å². The maximum atomic E-state index is 14.0.